The van der Waals surface area contributed by atoms with Gasteiger partial charge in [-0.15, -0.1) is 11.3 Å². The summed E-state index contributed by atoms with van der Waals surface area (Å²) in [5, 5.41) is 3.15. The number of primary amides is 1. The van der Waals surface area contributed by atoms with Gasteiger partial charge >= 0.3 is 0 Å². The van der Waals surface area contributed by atoms with Gasteiger partial charge in [-0.1, -0.05) is 0 Å². The molecule has 0 fully saturated rings. The third kappa shape index (κ3) is 2.25. The molecule has 0 aliphatic carbocycles. The number of hydrogen-bond donors (Lipinski definition) is 3. The molecule has 0 bridgehead atoms. The van der Waals surface area contributed by atoms with Crippen LogP contribution in [0.1, 0.15) is 15.4 Å². The van der Waals surface area contributed by atoms with Crippen LogP contribution in [0.2, 0.25) is 0 Å². The summed E-state index contributed by atoms with van der Waals surface area (Å²) < 4.78 is 0. The number of anilines is 1. The van der Waals surface area contributed by atoms with E-state index in [1.165, 1.54) is 11.3 Å². The number of amides is 2. The average molecular weight is 264 g/mol. The molecule has 0 aromatic carbocycles. The Balaban J connectivity index is 2.36. The second-order valence-corrected chi connectivity index (χ2v) is 4.80. The lowest BCUT2D eigenvalue weighted by Crippen LogP contribution is -2.33. The van der Waals surface area contributed by atoms with Gasteiger partial charge in [-0.3, -0.25) is 9.59 Å². The van der Waals surface area contributed by atoms with Crippen LogP contribution < -0.4 is 16.8 Å². The lowest BCUT2D eigenvalue weighted by atomic mass is 10.2. The molecule has 0 aliphatic rings. The maximum Gasteiger partial charge on any atom is 0.264 e. The molecule has 2 rings (SSSR count). The van der Waals surface area contributed by atoms with E-state index >= 15 is 0 Å². The number of nitrogens with zero attached hydrogens (tertiary/aromatic N) is 1. The number of rotatable bonds is 3. The summed E-state index contributed by atoms with van der Waals surface area (Å²) in [7, 11) is 0. The molecule has 7 heteroatoms. The first-order valence-electron chi connectivity index (χ1n) is 5.21. The summed E-state index contributed by atoms with van der Waals surface area (Å²) >= 11 is 1.20. The van der Waals surface area contributed by atoms with Crippen LogP contribution in [0.15, 0.2) is 12.1 Å². The predicted octanol–water partition coefficient (Wildman–Crippen LogP) is 0.402. The molecule has 18 heavy (non-hydrogen) atoms. The monoisotopic (exact) mass is 264 g/mol. The Morgan fingerprint density at radius 1 is 1.44 bits per heavy atom. The van der Waals surface area contributed by atoms with Gasteiger partial charge in [-0.2, -0.15) is 0 Å². The number of carbonyl (C=O) groups excluding carboxylic acids is 2. The number of hydrogen-bond acceptors (Lipinski definition) is 5. The molecule has 0 saturated heterocycles. The van der Waals surface area contributed by atoms with E-state index in [1.54, 1.807) is 0 Å². The highest BCUT2D eigenvalue weighted by Crippen LogP contribution is 2.32. The zero-order chi connectivity index (χ0) is 13.3. The molecule has 0 spiro atoms. The number of pyridine rings is 1. The maximum atomic E-state index is 11.8. The molecule has 0 atom stereocenters. The van der Waals surface area contributed by atoms with Gasteiger partial charge in [0, 0.05) is 11.1 Å². The van der Waals surface area contributed by atoms with E-state index in [1.807, 2.05) is 19.1 Å². The second kappa shape index (κ2) is 4.61. The third-order valence-electron chi connectivity index (χ3n) is 2.36. The highest BCUT2D eigenvalue weighted by molar-refractivity contribution is 7.21. The standard InChI is InChI=1S/C11H12N4O2S/c1-5-2-3-6-8(13)9(18-11(6)15-5)10(17)14-4-7(12)16/h2-3H,4,13H2,1H3,(H2,12,16)(H,14,17). The van der Waals surface area contributed by atoms with Crippen LogP contribution in [0.4, 0.5) is 5.69 Å². The fraction of sp³-hybridized carbons (Fsp3) is 0.182. The van der Waals surface area contributed by atoms with Crippen LogP contribution >= 0.6 is 11.3 Å². The number of aryl methyl sites for hydroxylation is 1. The number of thiophene rings is 1. The molecule has 2 aromatic rings. The molecule has 0 saturated carbocycles. The van der Waals surface area contributed by atoms with Gasteiger partial charge in [0.15, 0.2) is 0 Å². The van der Waals surface area contributed by atoms with Gasteiger partial charge in [0.1, 0.15) is 9.71 Å². The van der Waals surface area contributed by atoms with E-state index in [0.29, 0.717) is 15.4 Å². The van der Waals surface area contributed by atoms with Crippen molar-refractivity contribution in [1.29, 1.82) is 0 Å². The van der Waals surface area contributed by atoms with Crippen molar-refractivity contribution in [2.24, 2.45) is 5.73 Å². The van der Waals surface area contributed by atoms with Crippen LogP contribution in [-0.4, -0.2) is 23.3 Å². The fourth-order valence-corrected chi connectivity index (χ4v) is 2.56. The zero-order valence-corrected chi connectivity index (χ0v) is 10.5. The molecule has 2 amide bonds. The molecule has 0 aliphatic heterocycles. The van der Waals surface area contributed by atoms with Gasteiger partial charge in [-0.05, 0) is 19.1 Å². The average Bonchev–Trinajstić information content (AvgIpc) is 2.63. The Labute approximate surface area is 107 Å². The quantitative estimate of drug-likeness (QED) is 0.745. The highest BCUT2D eigenvalue weighted by atomic mass is 32.1. The molecule has 6 nitrogen and oxygen atoms in total. The molecule has 94 valence electrons. The Kier molecular flexibility index (Phi) is 3.15. The number of carbonyl (C=O) groups is 2. The van der Waals surface area contributed by atoms with Crippen LogP contribution in [0.25, 0.3) is 10.2 Å². The zero-order valence-electron chi connectivity index (χ0n) is 9.69. The first-order valence-corrected chi connectivity index (χ1v) is 6.03. The first-order chi connectivity index (χ1) is 8.49. The molecule has 5 N–H and O–H groups in total. The van der Waals surface area contributed by atoms with Crippen molar-refractivity contribution in [2.45, 2.75) is 6.92 Å². The Morgan fingerprint density at radius 2 is 2.17 bits per heavy atom. The molecule has 0 unspecified atom stereocenters. The van der Waals surface area contributed by atoms with E-state index in [0.717, 1.165) is 11.1 Å². The van der Waals surface area contributed by atoms with Crippen molar-refractivity contribution in [2.75, 3.05) is 12.3 Å². The van der Waals surface area contributed by atoms with Crippen molar-refractivity contribution in [3.63, 3.8) is 0 Å². The molecule has 0 radical (unpaired) electrons. The predicted molar refractivity (Wildman–Crippen MR) is 70.3 cm³/mol. The van der Waals surface area contributed by atoms with Gasteiger partial charge in [-0.25, -0.2) is 4.98 Å². The Hall–Kier alpha value is -2.15. The summed E-state index contributed by atoms with van der Waals surface area (Å²) in [5.41, 5.74) is 12.1. The topological polar surface area (TPSA) is 111 Å². The van der Waals surface area contributed by atoms with Crippen LogP contribution in [0.3, 0.4) is 0 Å². The van der Waals surface area contributed by atoms with E-state index in [9.17, 15) is 9.59 Å². The second-order valence-electron chi connectivity index (χ2n) is 3.80. The van der Waals surface area contributed by atoms with Gasteiger partial charge in [0.25, 0.3) is 5.91 Å². The summed E-state index contributed by atoms with van der Waals surface area (Å²) in [5.74, 6) is -1.01. The maximum absolute atomic E-state index is 11.8. The van der Waals surface area contributed by atoms with Gasteiger partial charge in [0.05, 0.1) is 12.2 Å². The van der Waals surface area contributed by atoms with Crippen molar-refractivity contribution < 1.29 is 9.59 Å². The van der Waals surface area contributed by atoms with Crippen LogP contribution in [-0.2, 0) is 4.79 Å². The van der Waals surface area contributed by atoms with E-state index in [-0.39, 0.29) is 6.54 Å². The number of aromatic nitrogens is 1. The fourth-order valence-electron chi connectivity index (χ4n) is 1.51. The highest BCUT2D eigenvalue weighted by Gasteiger charge is 2.17. The SMILES string of the molecule is Cc1ccc2c(N)c(C(=O)NCC(N)=O)sc2n1. The summed E-state index contributed by atoms with van der Waals surface area (Å²) in [6, 6.07) is 3.66. The summed E-state index contributed by atoms with van der Waals surface area (Å²) in [4.78, 5) is 27.8. The Bertz CT molecular complexity index is 635. The van der Waals surface area contributed by atoms with E-state index < -0.39 is 11.8 Å². The van der Waals surface area contributed by atoms with Crippen molar-refractivity contribution >= 4 is 39.1 Å². The van der Waals surface area contributed by atoms with Crippen LogP contribution in [0, 0.1) is 6.92 Å². The number of fused-ring (bicyclic) bond motifs is 1. The number of nitrogen functional groups attached to an aromatic ring is 1. The smallest absolute Gasteiger partial charge is 0.264 e. The Morgan fingerprint density at radius 3 is 2.83 bits per heavy atom. The minimum absolute atomic E-state index is 0.209. The molecule has 2 heterocycles. The normalized spacial score (nSPS) is 10.5. The van der Waals surface area contributed by atoms with Gasteiger partial charge in [0.2, 0.25) is 5.91 Å². The molecule has 2 aromatic heterocycles. The summed E-state index contributed by atoms with van der Waals surface area (Å²) in [6.07, 6.45) is 0. The lowest BCUT2D eigenvalue weighted by Gasteiger charge is -2.00. The van der Waals surface area contributed by atoms with E-state index in [4.69, 9.17) is 11.5 Å². The number of nitrogens with two attached hydrogens (primary N) is 2. The van der Waals surface area contributed by atoms with Crippen LogP contribution in [0.5, 0.6) is 0 Å². The molecular formula is C11H12N4O2S. The first kappa shape index (κ1) is 12.3. The van der Waals surface area contributed by atoms with E-state index in [2.05, 4.69) is 10.3 Å². The lowest BCUT2D eigenvalue weighted by molar-refractivity contribution is -0.117. The van der Waals surface area contributed by atoms with Crippen molar-refractivity contribution in [3.8, 4) is 0 Å². The van der Waals surface area contributed by atoms with Gasteiger partial charge < -0.3 is 16.8 Å². The summed E-state index contributed by atoms with van der Waals surface area (Å²) in [6.45, 7) is 1.65. The van der Waals surface area contributed by atoms with Crippen molar-refractivity contribution in [3.05, 3.63) is 22.7 Å². The third-order valence-corrected chi connectivity index (χ3v) is 3.48. The number of nitrogens with one attached hydrogen (secondary N) is 1. The minimum Gasteiger partial charge on any atom is -0.397 e. The largest absolute Gasteiger partial charge is 0.397 e. The molecular weight excluding hydrogens is 252 g/mol. The minimum atomic E-state index is -0.600. The van der Waals surface area contributed by atoms with Crippen molar-refractivity contribution in [1.82, 2.24) is 10.3 Å².